The van der Waals surface area contributed by atoms with Gasteiger partial charge in [-0.3, -0.25) is 14.7 Å². The van der Waals surface area contributed by atoms with Crippen LogP contribution in [-0.2, 0) is 14.3 Å². The number of ether oxygens (including phenoxy) is 2. The summed E-state index contributed by atoms with van der Waals surface area (Å²) >= 11 is 5.56. The zero-order chi connectivity index (χ0) is 15.6. The van der Waals surface area contributed by atoms with Crippen LogP contribution < -0.4 is 0 Å². The van der Waals surface area contributed by atoms with E-state index >= 15 is 0 Å². The predicted molar refractivity (Wildman–Crippen MR) is 75.7 cm³/mol. The Labute approximate surface area is 128 Å². The van der Waals surface area contributed by atoms with Crippen LogP contribution in [0.2, 0.25) is 0 Å². The first kappa shape index (κ1) is 15.7. The Kier molecular flexibility index (Phi) is 4.49. The van der Waals surface area contributed by atoms with Crippen molar-refractivity contribution < 1.29 is 19.1 Å². The van der Waals surface area contributed by atoms with Crippen molar-refractivity contribution in [3.8, 4) is 0 Å². The molecule has 6 nitrogen and oxygen atoms in total. The van der Waals surface area contributed by atoms with Gasteiger partial charge in [-0.25, -0.2) is 4.79 Å². The van der Waals surface area contributed by atoms with Gasteiger partial charge in [-0.1, -0.05) is 6.07 Å². The van der Waals surface area contributed by atoms with E-state index in [1.54, 1.807) is 45.3 Å². The van der Waals surface area contributed by atoms with Crippen LogP contribution in [0.4, 0.5) is 4.79 Å². The molecule has 1 fully saturated rings. The molecule has 1 aliphatic heterocycles. The monoisotopic (exact) mass is 312 g/mol. The minimum absolute atomic E-state index is 0.0289. The van der Waals surface area contributed by atoms with E-state index in [2.05, 4.69) is 4.98 Å². The van der Waals surface area contributed by atoms with Crippen molar-refractivity contribution in [2.75, 3.05) is 6.61 Å². The van der Waals surface area contributed by atoms with Crippen LogP contribution in [0.3, 0.4) is 0 Å². The number of pyridine rings is 1. The number of nitrogens with zero attached hydrogens (tertiary/aromatic N) is 2. The molecule has 2 atom stereocenters. The number of hydrogen-bond acceptors (Lipinski definition) is 5. The van der Waals surface area contributed by atoms with Crippen molar-refractivity contribution in [1.29, 1.82) is 0 Å². The average Bonchev–Trinajstić information content (AvgIpc) is 2.82. The Morgan fingerprint density at radius 1 is 1.48 bits per heavy atom. The topological polar surface area (TPSA) is 68.7 Å². The van der Waals surface area contributed by atoms with Crippen molar-refractivity contribution >= 4 is 22.9 Å². The van der Waals surface area contributed by atoms with E-state index in [9.17, 15) is 9.59 Å². The molecule has 21 heavy (non-hydrogen) atoms. The standard InChI is InChI=1S/C14H17ClN2O4/c1-14(2,3)21-13(19)17-10(11(15)18)8-20-12(17)9-5-4-6-16-7-9/h4-7,10,12H,8H2,1-3H3. The van der Waals surface area contributed by atoms with E-state index in [4.69, 9.17) is 21.1 Å². The van der Waals surface area contributed by atoms with E-state index < -0.39 is 29.2 Å². The zero-order valence-electron chi connectivity index (χ0n) is 12.1. The molecule has 0 saturated carbocycles. The Morgan fingerprint density at radius 3 is 2.71 bits per heavy atom. The Morgan fingerprint density at radius 2 is 2.19 bits per heavy atom. The molecule has 2 heterocycles. The molecule has 114 valence electrons. The van der Waals surface area contributed by atoms with Gasteiger partial charge in [0, 0.05) is 18.0 Å². The number of aromatic nitrogens is 1. The lowest BCUT2D eigenvalue weighted by Gasteiger charge is -2.29. The third-order valence-corrected chi connectivity index (χ3v) is 3.09. The average molecular weight is 313 g/mol. The van der Waals surface area contributed by atoms with Crippen LogP contribution in [0.25, 0.3) is 0 Å². The summed E-state index contributed by atoms with van der Waals surface area (Å²) in [4.78, 5) is 29.1. The van der Waals surface area contributed by atoms with Crippen LogP contribution in [0.1, 0.15) is 32.6 Å². The van der Waals surface area contributed by atoms with E-state index in [-0.39, 0.29) is 6.61 Å². The summed E-state index contributed by atoms with van der Waals surface area (Å²) < 4.78 is 10.9. The van der Waals surface area contributed by atoms with Crippen molar-refractivity contribution in [1.82, 2.24) is 9.88 Å². The molecule has 2 rings (SSSR count). The second-order valence-electron chi connectivity index (χ2n) is 5.68. The maximum Gasteiger partial charge on any atom is 0.413 e. The van der Waals surface area contributed by atoms with Crippen LogP contribution >= 0.6 is 11.6 Å². The van der Waals surface area contributed by atoms with Crippen LogP contribution in [0, 0.1) is 0 Å². The Balaban J connectivity index is 2.29. The first-order valence-corrected chi connectivity index (χ1v) is 6.89. The third kappa shape index (κ3) is 3.71. The maximum absolute atomic E-state index is 12.4. The molecule has 1 aromatic heterocycles. The number of amides is 1. The highest BCUT2D eigenvalue weighted by Crippen LogP contribution is 2.32. The number of hydrogen-bond donors (Lipinski definition) is 0. The summed E-state index contributed by atoms with van der Waals surface area (Å²) in [6.07, 6.45) is 1.80. The van der Waals surface area contributed by atoms with Gasteiger partial charge in [-0.15, -0.1) is 0 Å². The van der Waals surface area contributed by atoms with Crippen LogP contribution in [0.5, 0.6) is 0 Å². The number of carbonyl (C=O) groups is 2. The highest BCUT2D eigenvalue weighted by atomic mass is 35.5. The van der Waals surface area contributed by atoms with Gasteiger partial charge in [0.25, 0.3) is 0 Å². The molecule has 1 aliphatic rings. The van der Waals surface area contributed by atoms with Crippen LogP contribution in [0.15, 0.2) is 24.5 Å². The molecule has 7 heteroatoms. The molecule has 1 aromatic rings. The largest absolute Gasteiger partial charge is 0.444 e. The van der Waals surface area contributed by atoms with Crippen molar-refractivity contribution in [2.24, 2.45) is 0 Å². The van der Waals surface area contributed by atoms with Gasteiger partial charge in [0.05, 0.1) is 6.61 Å². The highest BCUT2D eigenvalue weighted by Gasteiger charge is 2.44. The number of halogens is 1. The zero-order valence-corrected chi connectivity index (χ0v) is 12.8. The molecule has 2 unspecified atom stereocenters. The fourth-order valence-electron chi connectivity index (χ4n) is 2.00. The summed E-state index contributed by atoms with van der Waals surface area (Å²) in [7, 11) is 0. The first-order chi connectivity index (χ1) is 9.79. The molecule has 0 bridgehead atoms. The molecular formula is C14H17ClN2O4. The number of rotatable bonds is 2. The molecule has 0 aromatic carbocycles. The third-order valence-electron chi connectivity index (χ3n) is 2.84. The van der Waals surface area contributed by atoms with Crippen molar-refractivity contribution in [3.63, 3.8) is 0 Å². The molecule has 0 N–H and O–H groups in total. The lowest BCUT2D eigenvalue weighted by Crippen LogP contribution is -2.44. The molecule has 0 spiro atoms. The molecule has 0 radical (unpaired) electrons. The van der Waals surface area contributed by atoms with Gasteiger partial charge >= 0.3 is 6.09 Å². The van der Waals surface area contributed by atoms with Gasteiger partial charge in [-0.05, 0) is 38.4 Å². The SMILES string of the molecule is CC(C)(C)OC(=O)N1C(C(=O)Cl)COC1c1cccnc1. The summed E-state index contributed by atoms with van der Waals surface area (Å²) in [5.74, 6) is 0. The van der Waals surface area contributed by atoms with E-state index in [0.717, 1.165) is 0 Å². The van der Waals surface area contributed by atoms with Gasteiger partial charge in [0.1, 0.15) is 11.6 Å². The van der Waals surface area contributed by atoms with Crippen LogP contribution in [-0.4, -0.2) is 39.5 Å². The van der Waals surface area contributed by atoms with Gasteiger partial charge in [0.15, 0.2) is 6.23 Å². The second-order valence-corrected chi connectivity index (χ2v) is 6.05. The normalized spacial score (nSPS) is 22.2. The molecule has 0 aliphatic carbocycles. The molecule has 1 saturated heterocycles. The minimum atomic E-state index is -0.869. The minimum Gasteiger partial charge on any atom is -0.444 e. The lowest BCUT2D eigenvalue weighted by atomic mass is 10.2. The Hall–Kier alpha value is -1.66. The second kappa shape index (κ2) is 5.99. The van der Waals surface area contributed by atoms with Gasteiger partial charge < -0.3 is 9.47 Å². The highest BCUT2D eigenvalue weighted by molar-refractivity contribution is 6.64. The number of carbonyl (C=O) groups excluding carboxylic acids is 2. The van der Waals surface area contributed by atoms with E-state index in [0.29, 0.717) is 5.56 Å². The first-order valence-electron chi connectivity index (χ1n) is 6.52. The van der Waals surface area contributed by atoms with Crippen molar-refractivity contribution in [3.05, 3.63) is 30.1 Å². The predicted octanol–water partition coefficient (Wildman–Crippen LogP) is 2.48. The summed E-state index contributed by atoms with van der Waals surface area (Å²) in [5, 5.41) is -0.660. The van der Waals surface area contributed by atoms with E-state index in [1.165, 1.54) is 4.90 Å². The fourth-order valence-corrected chi connectivity index (χ4v) is 2.17. The van der Waals surface area contributed by atoms with Gasteiger partial charge in [0.2, 0.25) is 5.24 Å². The summed E-state index contributed by atoms with van der Waals surface area (Å²) in [6.45, 7) is 5.27. The smallest absolute Gasteiger partial charge is 0.413 e. The molecule has 1 amide bonds. The maximum atomic E-state index is 12.4. The molecular weight excluding hydrogens is 296 g/mol. The summed E-state index contributed by atoms with van der Waals surface area (Å²) in [5.41, 5.74) is -0.0252. The quantitative estimate of drug-likeness (QED) is 0.785. The fraction of sp³-hybridized carbons (Fsp3) is 0.500. The van der Waals surface area contributed by atoms with E-state index in [1.807, 2.05) is 0 Å². The van der Waals surface area contributed by atoms with Gasteiger partial charge in [-0.2, -0.15) is 0 Å². The lowest BCUT2D eigenvalue weighted by molar-refractivity contribution is -0.115. The summed E-state index contributed by atoms with van der Waals surface area (Å²) in [6, 6.07) is 2.62. The van der Waals surface area contributed by atoms with Crippen molar-refractivity contribution in [2.45, 2.75) is 38.6 Å². The Bertz CT molecular complexity index is 530.